The molecule has 0 radical (unpaired) electrons. The number of carbonyl (C=O) groups is 1. The molecule has 2 aliphatic rings. The van der Waals surface area contributed by atoms with Crippen molar-refractivity contribution in [2.24, 2.45) is 11.8 Å². The number of carbonyl (C=O) groups excluding carboxylic acids is 1. The van der Waals surface area contributed by atoms with Crippen LogP contribution in [0.1, 0.15) is 39.0 Å². The zero-order valence-corrected chi connectivity index (χ0v) is 11.7. The molecule has 0 bridgehead atoms. The predicted octanol–water partition coefficient (Wildman–Crippen LogP) is 2.24. The van der Waals surface area contributed by atoms with Crippen LogP contribution >= 0.6 is 0 Å². The maximum atomic E-state index is 11.9. The second-order valence-corrected chi connectivity index (χ2v) is 5.90. The summed E-state index contributed by atoms with van der Waals surface area (Å²) in [5.74, 6) is 1.41. The summed E-state index contributed by atoms with van der Waals surface area (Å²) in [7, 11) is 1.84. The summed E-state index contributed by atoms with van der Waals surface area (Å²) in [6.07, 6.45) is 6.23. The number of ether oxygens (including phenoxy) is 1. The average Bonchev–Trinajstić information content (AvgIpc) is 3.09. The van der Waals surface area contributed by atoms with Gasteiger partial charge in [0.15, 0.2) is 0 Å². The first-order valence-corrected chi connectivity index (χ1v) is 7.26. The van der Waals surface area contributed by atoms with Crippen molar-refractivity contribution in [3.63, 3.8) is 0 Å². The third kappa shape index (κ3) is 4.16. The van der Waals surface area contributed by atoms with Crippen LogP contribution in [0, 0.1) is 11.8 Å². The summed E-state index contributed by atoms with van der Waals surface area (Å²) in [5, 5.41) is 3.12. The Morgan fingerprint density at radius 2 is 2.11 bits per heavy atom. The second-order valence-electron chi connectivity index (χ2n) is 5.90. The van der Waals surface area contributed by atoms with Gasteiger partial charge < -0.3 is 15.0 Å². The van der Waals surface area contributed by atoms with Crippen molar-refractivity contribution in [3.05, 3.63) is 0 Å². The van der Waals surface area contributed by atoms with Crippen LogP contribution in [0.4, 0.5) is 4.79 Å². The fraction of sp³-hybridized carbons (Fsp3) is 0.929. The Labute approximate surface area is 110 Å². The van der Waals surface area contributed by atoms with E-state index in [0.29, 0.717) is 25.1 Å². The molecular formula is C14H26N2O2. The summed E-state index contributed by atoms with van der Waals surface area (Å²) in [5.41, 5.74) is 0. The molecular weight excluding hydrogens is 228 g/mol. The first-order valence-electron chi connectivity index (χ1n) is 7.26. The number of hydrogen-bond acceptors (Lipinski definition) is 2. The van der Waals surface area contributed by atoms with E-state index in [1.165, 1.54) is 25.7 Å². The van der Waals surface area contributed by atoms with Crippen LogP contribution in [0.2, 0.25) is 0 Å². The number of urea groups is 1. The van der Waals surface area contributed by atoms with Gasteiger partial charge in [0.2, 0.25) is 0 Å². The Kier molecular flexibility index (Phi) is 4.87. The first kappa shape index (κ1) is 13.7. The minimum Gasteiger partial charge on any atom is -0.379 e. The van der Waals surface area contributed by atoms with E-state index in [-0.39, 0.29) is 6.03 Å². The van der Waals surface area contributed by atoms with Gasteiger partial charge >= 0.3 is 6.03 Å². The van der Waals surface area contributed by atoms with E-state index >= 15 is 0 Å². The van der Waals surface area contributed by atoms with Crippen molar-refractivity contribution in [1.82, 2.24) is 10.2 Å². The minimum atomic E-state index is 0.0452. The Balaban J connectivity index is 1.58. The quantitative estimate of drug-likeness (QED) is 0.739. The molecule has 0 spiro atoms. The molecule has 0 aromatic heterocycles. The molecule has 104 valence electrons. The van der Waals surface area contributed by atoms with Gasteiger partial charge in [-0.05, 0) is 37.5 Å². The van der Waals surface area contributed by atoms with E-state index in [2.05, 4.69) is 12.2 Å². The molecule has 0 aliphatic heterocycles. The monoisotopic (exact) mass is 254 g/mol. The lowest BCUT2D eigenvalue weighted by atomic mass is 10.1. The van der Waals surface area contributed by atoms with Crippen LogP contribution in [0.15, 0.2) is 0 Å². The fourth-order valence-electron chi connectivity index (χ4n) is 2.47. The maximum absolute atomic E-state index is 11.9. The smallest absolute Gasteiger partial charge is 0.317 e. The van der Waals surface area contributed by atoms with Crippen molar-refractivity contribution >= 4 is 6.03 Å². The zero-order valence-electron chi connectivity index (χ0n) is 11.7. The maximum Gasteiger partial charge on any atom is 0.317 e. The normalized spacial score (nSPS) is 27.2. The van der Waals surface area contributed by atoms with Crippen LogP contribution < -0.4 is 5.32 Å². The fourth-order valence-corrected chi connectivity index (χ4v) is 2.47. The zero-order chi connectivity index (χ0) is 13.0. The Morgan fingerprint density at radius 1 is 1.33 bits per heavy atom. The number of nitrogens with zero attached hydrogens (tertiary/aromatic N) is 1. The molecule has 0 saturated heterocycles. The number of nitrogens with one attached hydrogen (secondary N) is 1. The largest absolute Gasteiger partial charge is 0.379 e. The molecule has 0 aromatic rings. The highest BCUT2D eigenvalue weighted by Gasteiger charge is 2.25. The van der Waals surface area contributed by atoms with Crippen molar-refractivity contribution < 1.29 is 9.53 Å². The van der Waals surface area contributed by atoms with Gasteiger partial charge in [-0.1, -0.05) is 13.3 Å². The molecule has 2 unspecified atom stereocenters. The van der Waals surface area contributed by atoms with E-state index in [4.69, 9.17) is 4.74 Å². The number of likely N-dealkylation sites (N-methyl/N-ethyl adjacent to an activating group) is 1. The topological polar surface area (TPSA) is 41.6 Å². The highest BCUT2D eigenvalue weighted by molar-refractivity contribution is 5.74. The van der Waals surface area contributed by atoms with Crippen LogP contribution in [-0.4, -0.2) is 43.8 Å². The molecule has 2 fully saturated rings. The summed E-state index contributed by atoms with van der Waals surface area (Å²) < 4.78 is 5.55. The second kappa shape index (κ2) is 6.41. The van der Waals surface area contributed by atoms with Gasteiger partial charge in [-0.3, -0.25) is 0 Å². The highest BCUT2D eigenvalue weighted by Crippen LogP contribution is 2.28. The predicted molar refractivity (Wildman–Crippen MR) is 71.5 cm³/mol. The summed E-state index contributed by atoms with van der Waals surface area (Å²) in [6, 6.07) is 0.413. The number of amides is 2. The molecule has 4 nitrogen and oxygen atoms in total. The van der Waals surface area contributed by atoms with Crippen LogP contribution in [0.3, 0.4) is 0 Å². The molecule has 2 amide bonds. The summed E-state index contributed by atoms with van der Waals surface area (Å²) in [4.78, 5) is 13.7. The third-order valence-electron chi connectivity index (χ3n) is 4.14. The summed E-state index contributed by atoms with van der Waals surface area (Å²) in [6.45, 7) is 4.42. The molecule has 18 heavy (non-hydrogen) atoms. The van der Waals surface area contributed by atoms with E-state index in [1.807, 2.05) is 7.05 Å². The van der Waals surface area contributed by atoms with E-state index in [9.17, 15) is 4.79 Å². The molecule has 0 heterocycles. The third-order valence-corrected chi connectivity index (χ3v) is 4.14. The first-order chi connectivity index (χ1) is 8.66. The van der Waals surface area contributed by atoms with E-state index in [1.54, 1.807) is 4.90 Å². The molecule has 2 aliphatic carbocycles. The van der Waals surface area contributed by atoms with Gasteiger partial charge in [0, 0.05) is 26.2 Å². The van der Waals surface area contributed by atoms with Crippen molar-refractivity contribution in [2.75, 3.05) is 26.8 Å². The molecule has 4 heteroatoms. The molecule has 2 rings (SSSR count). The number of rotatable bonds is 6. The van der Waals surface area contributed by atoms with Crippen molar-refractivity contribution in [2.45, 2.75) is 45.1 Å². The van der Waals surface area contributed by atoms with E-state index in [0.717, 1.165) is 18.9 Å². The lowest BCUT2D eigenvalue weighted by Gasteiger charge is -2.23. The van der Waals surface area contributed by atoms with Crippen LogP contribution in [-0.2, 0) is 4.74 Å². The van der Waals surface area contributed by atoms with Gasteiger partial charge in [-0.2, -0.15) is 0 Å². The van der Waals surface area contributed by atoms with Gasteiger partial charge in [-0.25, -0.2) is 4.79 Å². The summed E-state index contributed by atoms with van der Waals surface area (Å²) >= 11 is 0. The van der Waals surface area contributed by atoms with Gasteiger partial charge in [0.25, 0.3) is 0 Å². The lowest BCUT2D eigenvalue weighted by Crippen LogP contribution is -2.45. The van der Waals surface area contributed by atoms with Crippen LogP contribution in [0.5, 0.6) is 0 Å². The van der Waals surface area contributed by atoms with Gasteiger partial charge in [0.05, 0.1) is 6.61 Å². The van der Waals surface area contributed by atoms with Crippen molar-refractivity contribution in [1.29, 1.82) is 0 Å². The lowest BCUT2D eigenvalue weighted by molar-refractivity contribution is 0.107. The molecule has 1 N–H and O–H groups in total. The Morgan fingerprint density at radius 3 is 2.72 bits per heavy atom. The molecule has 2 atom stereocenters. The highest BCUT2D eigenvalue weighted by atomic mass is 16.5. The Hall–Kier alpha value is -0.770. The molecule has 2 saturated carbocycles. The molecule has 0 aromatic carbocycles. The van der Waals surface area contributed by atoms with E-state index < -0.39 is 0 Å². The SMILES string of the molecule is CC1CCCC1NC(=O)N(C)CCOCC1CC1. The van der Waals surface area contributed by atoms with Gasteiger partial charge in [-0.15, -0.1) is 0 Å². The number of hydrogen-bond donors (Lipinski definition) is 1. The Bertz CT molecular complexity index is 279. The van der Waals surface area contributed by atoms with Crippen LogP contribution in [0.25, 0.3) is 0 Å². The average molecular weight is 254 g/mol. The standard InChI is InChI=1S/C14H26N2O2/c1-11-4-3-5-13(11)15-14(17)16(2)8-9-18-10-12-6-7-12/h11-13H,3-10H2,1-2H3,(H,15,17). The van der Waals surface area contributed by atoms with Gasteiger partial charge in [0.1, 0.15) is 0 Å². The van der Waals surface area contributed by atoms with Crippen molar-refractivity contribution in [3.8, 4) is 0 Å². The minimum absolute atomic E-state index is 0.0452.